The van der Waals surface area contributed by atoms with Gasteiger partial charge in [-0.1, -0.05) is 33.6 Å². The average Bonchev–Trinajstić information content (AvgIpc) is 2.33. The molecule has 0 saturated heterocycles. The molecule has 0 heterocycles. The second kappa shape index (κ2) is 5.63. The van der Waals surface area contributed by atoms with Crippen molar-refractivity contribution in [3.05, 3.63) is 57.0 Å². The Kier molecular flexibility index (Phi) is 4.12. The van der Waals surface area contributed by atoms with Gasteiger partial charge in [-0.15, -0.1) is 0 Å². The van der Waals surface area contributed by atoms with Crippen LogP contribution in [0.4, 0.5) is 0 Å². The van der Waals surface area contributed by atoms with E-state index >= 15 is 0 Å². The number of hydrogen-bond acceptors (Lipinski definition) is 2. The lowest BCUT2D eigenvalue weighted by atomic mass is 10.2. The summed E-state index contributed by atoms with van der Waals surface area (Å²) in [5.74, 6) is -0.250. The lowest BCUT2D eigenvalue weighted by Crippen LogP contribution is -2.00. The molecule has 0 aliphatic carbocycles. The number of hydrogen-bond donors (Lipinski definition) is 1. The SMILES string of the molecule is Cc1ccc(Br)cc1Oc1cc(Cl)ccc1C(=O)O. The van der Waals surface area contributed by atoms with Crippen LogP contribution in [0.3, 0.4) is 0 Å². The third kappa shape index (κ3) is 3.28. The summed E-state index contributed by atoms with van der Waals surface area (Å²) in [6.45, 7) is 1.88. The smallest absolute Gasteiger partial charge is 0.339 e. The molecule has 0 bridgehead atoms. The van der Waals surface area contributed by atoms with E-state index in [1.807, 2.05) is 19.1 Å². The molecule has 0 radical (unpaired) electrons. The third-order valence-electron chi connectivity index (χ3n) is 2.54. The molecule has 0 fully saturated rings. The number of aromatic carboxylic acids is 1. The first-order valence-corrected chi connectivity index (χ1v) is 6.61. The molecule has 1 N–H and O–H groups in total. The highest BCUT2D eigenvalue weighted by atomic mass is 79.9. The minimum absolute atomic E-state index is 0.0729. The maximum Gasteiger partial charge on any atom is 0.339 e. The molecule has 0 saturated carbocycles. The first kappa shape index (κ1) is 13.9. The molecule has 98 valence electrons. The summed E-state index contributed by atoms with van der Waals surface area (Å²) in [5.41, 5.74) is 0.975. The molecular formula is C14H10BrClO3. The van der Waals surface area contributed by atoms with Gasteiger partial charge in [0.2, 0.25) is 0 Å². The van der Waals surface area contributed by atoms with Gasteiger partial charge >= 0.3 is 5.97 Å². The number of carboxylic acids is 1. The highest BCUT2D eigenvalue weighted by Crippen LogP contribution is 2.32. The first-order chi connectivity index (χ1) is 8.97. The molecule has 0 aliphatic rings. The highest BCUT2D eigenvalue weighted by molar-refractivity contribution is 9.10. The van der Waals surface area contributed by atoms with Crippen LogP contribution >= 0.6 is 27.5 Å². The van der Waals surface area contributed by atoms with E-state index in [0.717, 1.165) is 10.0 Å². The topological polar surface area (TPSA) is 46.5 Å². The Morgan fingerprint density at radius 1 is 1.21 bits per heavy atom. The van der Waals surface area contributed by atoms with Crippen LogP contribution in [-0.4, -0.2) is 11.1 Å². The molecule has 19 heavy (non-hydrogen) atoms. The molecule has 0 unspecified atom stereocenters. The Morgan fingerprint density at radius 2 is 1.95 bits per heavy atom. The Balaban J connectivity index is 2.45. The standard InChI is InChI=1S/C14H10BrClO3/c1-8-2-3-9(15)6-12(8)19-13-7-10(16)4-5-11(13)14(17)18/h2-7H,1H3,(H,17,18). The zero-order chi connectivity index (χ0) is 14.0. The van der Waals surface area contributed by atoms with E-state index in [0.29, 0.717) is 10.8 Å². The van der Waals surface area contributed by atoms with Crippen LogP contribution in [0, 0.1) is 6.92 Å². The number of aryl methyl sites for hydroxylation is 1. The van der Waals surface area contributed by atoms with Crippen LogP contribution in [0.2, 0.25) is 5.02 Å². The maximum atomic E-state index is 11.1. The molecular weight excluding hydrogens is 332 g/mol. The molecule has 0 aromatic heterocycles. The third-order valence-corrected chi connectivity index (χ3v) is 3.27. The van der Waals surface area contributed by atoms with Gasteiger partial charge in [-0.25, -0.2) is 4.79 Å². The number of benzene rings is 2. The number of ether oxygens (including phenoxy) is 1. The fourth-order valence-electron chi connectivity index (χ4n) is 1.56. The molecule has 5 heteroatoms. The van der Waals surface area contributed by atoms with Crippen molar-refractivity contribution >= 4 is 33.5 Å². The van der Waals surface area contributed by atoms with Gasteiger partial charge in [0.25, 0.3) is 0 Å². The fraction of sp³-hybridized carbons (Fsp3) is 0.0714. The molecule has 2 aromatic rings. The minimum atomic E-state index is -1.06. The number of carboxylic acid groups (broad SMARTS) is 1. The van der Waals surface area contributed by atoms with Gasteiger partial charge in [-0.3, -0.25) is 0 Å². The van der Waals surface area contributed by atoms with E-state index in [1.165, 1.54) is 18.2 Å². The summed E-state index contributed by atoms with van der Waals surface area (Å²) in [6.07, 6.45) is 0. The molecule has 0 aliphatic heterocycles. The van der Waals surface area contributed by atoms with E-state index < -0.39 is 5.97 Å². The van der Waals surface area contributed by atoms with Crippen molar-refractivity contribution < 1.29 is 14.6 Å². The molecule has 2 aromatic carbocycles. The van der Waals surface area contributed by atoms with Crippen LogP contribution < -0.4 is 4.74 Å². The van der Waals surface area contributed by atoms with Gasteiger partial charge in [0.05, 0.1) is 0 Å². The Labute approximate surface area is 123 Å². The van der Waals surface area contributed by atoms with Crippen molar-refractivity contribution in [3.8, 4) is 11.5 Å². The minimum Gasteiger partial charge on any atom is -0.478 e. The van der Waals surface area contributed by atoms with Crippen molar-refractivity contribution in [3.63, 3.8) is 0 Å². The molecule has 0 amide bonds. The molecule has 2 rings (SSSR count). The summed E-state index contributed by atoms with van der Waals surface area (Å²) < 4.78 is 6.52. The van der Waals surface area contributed by atoms with Gasteiger partial charge < -0.3 is 9.84 Å². The van der Waals surface area contributed by atoms with E-state index in [-0.39, 0.29) is 11.3 Å². The molecule has 3 nitrogen and oxygen atoms in total. The Bertz CT molecular complexity index is 641. The second-order valence-electron chi connectivity index (χ2n) is 3.96. The average molecular weight is 342 g/mol. The van der Waals surface area contributed by atoms with Crippen LogP contribution in [-0.2, 0) is 0 Å². The van der Waals surface area contributed by atoms with E-state index in [1.54, 1.807) is 6.07 Å². The van der Waals surface area contributed by atoms with Crippen molar-refractivity contribution in [2.45, 2.75) is 6.92 Å². The van der Waals surface area contributed by atoms with Crippen LogP contribution in [0.1, 0.15) is 15.9 Å². The highest BCUT2D eigenvalue weighted by Gasteiger charge is 2.13. The molecule has 0 spiro atoms. The van der Waals surface area contributed by atoms with Gasteiger partial charge in [0.1, 0.15) is 17.1 Å². The quantitative estimate of drug-likeness (QED) is 0.863. The largest absolute Gasteiger partial charge is 0.478 e. The zero-order valence-corrected chi connectivity index (χ0v) is 12.3. The summed E-state index contributed by atoms with van der Waals surface area (Å²) in [5, 5.41) is 9.55. The lowest BCUT2D eigenvalue weighted by Gasteiger charge is -2.11. The Hall–Kier alpha value is -1.52. The predicted molar refractivity (Wildman–Crippen MR) is 77.4 cm³/mol. The zero-order valence-electron chi connectivity index (χ0n) is 9.98. The fourth-order valence-corrected chi connectivity index (χ4v) is 2.06. The van der Waals surface area contributed by atoms with Crippen molar-refractivity contribution in [2.24, 2.45) is 0 Å². The van der Waals surface area contributed by atoms with E-state index in [2.05, 4.69) is 15.9 Å². The van der Waals surface area contributed by atoms with E-state index in [9.17, 15) is 4.79 Å². The first-order valence-electron chi connectivity index (χ1n) is 5.44. The maximum absolute atomic E-state index is 11.1. The van der Waals surface area contributed by atoms with Crippen molar-refractivity contribution in [1.82, 2.24) is 0 Å². The van der Waals surface area contributed by atoms with Gasteiger partial charge in [-0.2, -0.15) is 0 Å². The van der Waals surface area contributed by atoms with Gasteiger partial charge in [0.15, 0.2) is 0 Å². The second-order valence-corrected chi connectivity index (χ2v) is 5.31. The summed E-state index contributed by atoms with van der Waals surface area (Å²) in [7, 11) is 0. The lowest BCUT2D eigenvalue weighted by molar-refractivity contribution is 0.0694. The van der Waals surface area contributed by atoms with Crippen LogP contribution in [0.25, 0.3) is 0 Å². The number of halogens is 2. The van der Waals surface area contributed by atoms with Gasteiger partial charge in [-0.05, 0) is 36.8 Å². The summed E-state index contributed by atoms with van der Waals surface area (Å²) in [6, 6.07) is 9.98. The Morgan fingerprint density at radius 3 is 2.63 bits per heavy atom. The van der Waals surface area contributed by atoms with Crippen molar-refractivity contribution in [2.75, 3.05) is 0 Å². The normalized spacial score (nSPS) is 10.3. The predicted octanol–water partition coefficient (Wildman–Crippen LogP) is 4.90. The van der Waals surface area contributed by atoms with Crippen molar-refractivity contribution in [1.29, 1.82) is 0 Å². The van der Waals surface area contributed by atoms with Crippen LogP contribution in [0.5, 0.6) is 11.5 Å². The van der Waals surface area contributed by atoms with Gasteiger partial charge in [0, 0.05) is 15.6 Å². The summed E-state index contributed by atoms with van der Waals surface area (Å²) >= 11 is 9.23. The number of carbonyl (C=O) groups is 1. The summed E-state index contributed by atoms with van der Waals surface area (Å²) in [4.78, 5) is 11.1. The molecule has 0 atom stereocenters. The monoisotopic (exact) mass is 340 g/mol. The van der Waals surface area contributed by atoms with E-state index in [4.69, 9.17) is 21.4 Å². The van der Waals surface area contributed by atoms with Crippen LogP contribution in [0.15, 0.2) is 40.9 Å². The number of rotatable bonds is 3.